The summed E-state index contributed by atoms with van der Waals surface area (Å²) in [6.07, 6.45) is 1.78. The minimum atomic E-state index is -0.572. The molecule has 2 amide bonds. The molecule has 1 aromatic heterocycles. The van der Waals surface area contributed by atoms with E-state index in [9.17, 15) is 9.59 Å². The molecule has 0 spiro atoms. The lowest BCUT2D eigenvalue weighted by molar-refractivity contribution is 0.0240. The van der Waals surface area contributed by atoms with Crippen molar-refractivity contribution in [2.45, 2.75) is 45.3 Å². The van der Waals surface area contributed by atoms with Crippen LogP contribution in [0.3, 0.4) is 0 Å². The minimum absolute atomic E-state index is 0.0484. The molecule has 3 heterocycles. The number of rotatable bonds is 6. The smallest absolute Gasteiger partial charge is 0.410 e. The SMILES string of the molecule is CN1CCC[C@H]1COc1nc(C(=O)Nc2cccc3ccccc23)c(N)c(N2CCN(C(=O)OC(C)(C)C)CC2)n1. The summed E-state index contributed by atoms with van der Waals surface area (Å²) in [5, 5.41) is 4.91. The van der Waals surface area contributed by atoms with Gasteiger partial charge in [0.05, 0.1) is 0 Å². The number of hydrogen-bond acceptors (Lipinski definition) is 9. The Morgan fingerprint density at radius 2 is 1.76 bits per heavy atom. The Bertz CT molecular complexity index is 1410. The number of anilines is 3. The number of hydrogen-bond donors (Lipinski definition) is 2. The molecule has 11 nitrogen and oxygen atoms in total. The van der Waals surface area contributed by atoms with E-state index in [-0.39, 0.29) is 29.5 Å². The second-order valence-corrected chi connectivity index (χ2v) is 11.6. The Morgan fingerprint density at radius 1 is 1.02 bits per heavy atom. The molecule has 2 fully saturated rings. The molecule has 2 aliphatic heterocycles. The van der Waals surface area contributed by atoms with Gasteiger partial charge >= 0.3 is 12.1 Å². The Morgan fingerprint density at radius 3 is 2.46 bits per heavy atom. The van der Waals surface area contributed by atoms with Gasteiger partial charge in [0.25, 0.3) is 5.91 Å². The molecule has 0 bridgehead atoms. The number of nitrogen functional groups attached to an aromatic ring is 1. The zero-order valence-corrected chi connectivity index (χ0v) is 24.2. The topological polar surface area (TPSA) is 126 Å². The van der Waals surface area contributed by atoms with Crippen LogP contribution in [0.25, 0.3) is 10.8 Å². The van der Waals surface area contributed by atoms with Gasteiger partial charge in [-0.3, -0.25) is 4.79 Å². The second kappa shape index (κ2) is 11.8. The van der Waals surface area contributed by atoms with Gasteiger partial charge in [0, 0.05) is 43.3 Å². The van der Waals surface area contributed by atoms with Gasteiger partial charge in [-0.05, 0) is 58.7 Å². The predicted molar refractivity (Wildman–Crippen MR) is 160 cm³/mol. The van der Waals surface area contributed by atoms with Crippen LogP contribution in [0, 0.1) is 0 Å². The zero-order valence-electron chi connectivity index (χ0n) is 24.2. The van der Waals surface area contributed by atoms with Crippen molar-refractivity contribution in [2.75, 3.05) is 62.3 Å². The number of nitrogens with one attached hydrogen (secondary N) is 1. The first-order valence-electron chi connectivity index (χ1n) is 14.1. The van der Waals surface area contributed by atoms with Gasteiger partial charge in [0.1, 0.15) is 17.9 Å². The van der Waals surface area contributed by atoms with Crippen molar-refractivity contribution in [1.29, 1.82) is 0 Å². The number of nitrogens with two attached hydrogens (primary N) is 1. The normalized spacial score (nSPS) is 18.0. The Kier molecular flexibility index (Phi) is 8.16. The highest BCUT2D eigenvalue weighted by Gasteiger charge is 2.30. The van der Waals surface area contributed by atoms with Gasteiger partial charge in [-0.15, -0.1) is 0 Å². The van der Waals surface area contributed by atoms with Crippen LogP contribution in [-0.2, 0) is 4.74 Å². The van der Waals surface area contributed by atoms with Crippen LogP contribution in [0.4, 0.5) is 22.0 Å². The van der Waals surface area contributed by atoms with Crippen LogP contribution < -0.4 is 20.7 Å². The maximum absolute atomic E-state index is 13.6. The van der Waals surface area contributed by atoms with E-state index in [1.165, 1.54) is 0 Å². The third-order valence-electron chi connectivity index (χ3n) is 7.47. The van der Waals surface area contributed by atoms with Crippen LogP contribution in [0.1, 0.15) is 44.1 Å². The first kappa shape index (κ1) is 28.4. The number of ether oxygens (including phenoxy) is 2. The van der Waals surface area contributed by atoms with Crippen molar-refractivity contribution in [2.24, 2.45) is 0 Å². The highest BCUT2D eigenvalue weighted by Crippen LogP contribution is 2.30. The summed E-state index contributed by atoms with van der Waals surface area (Å²) >= 11 is 0. The molecule has 3 aromatic rings. The predicted octanol–water partition coefficient (Wildman–Crippen LogP) is 3.99. The van der Waals surface area contributed by atoms with E-state index in [0.29, 0.717) is 44.3 Å². The van der Waals surface area contributed by atoms with Crippen molar-refractivity contribution in [3.63, 3.8) is 0 Å². The number of likely N-dealkylation sites (N-methyl/N-ethyl adjacent to an activating group) is 1. The lowest BCUT2D eigenvalue weighted by Gasteiger charge is -2.36. The van der Waals surface area contributed by atoms with E-state index >= 15 is 0 Å². The van der Waals surface area contributed by atoms with E-state index in [2.05, 4.69) is 27.2 Å². The number of benzene rings is 2. The molecule has 0 unspecified atom stereocenters. The number of amides is 2. The largest absolute Gasteiger partial charge is 0.462 e. The molecule has 2 aromatic carbocycles. The van der Waals surface area contributed by atoms with E-state index in [4.69, 9.17) is 15.2 Å². The van der Waals surface area contributed by atoms with E-state index in [1.807, 2.05) is 68.1 Å². The molecule has 11 heteroatoms. The van der Waals surface area contributed by atoms with E-state index in [0.717, 1.165) is 30.2 Å². The number of nitrogens with zero attached hydrogens (tertiary/aromatic N) is 5. The van der Waals surface area contributed by atoms with Crippen molar-refractivity contribution < 1.29 is 19.1 Å². The molecule has 2 aliphatic rings. The van der Waals surface area contributed by atoms with Gasteiger partial charge < -0.3 is 35.2 Å². The highest BCUT2D eigenvalue weighted by atomic mass is 16.6. The fraction of sp³-hybridized carbons (Fsp3) is 0.467. The van der Waals surface area contributed by atoms with Crippen molar-refractivity contribution in [3.8, 4) is 6.01 Å². The first-order valence-corrected chi connectivity index (χ1v) is 14.1. The van der Waals surface area contributed by atoms with Gasteiger partial charge in [-0.25, -0.2) is 4.79 Å². The van der Waals surface area contributed by atoms with Gasteiger partial charge in [-0.2, -0.15) is 9.97 Å². The fourth-order valence-corrected chi connectivity index (χ4v) is 5.22. The molecular weight excluding hydrogens is 522 g/mol. The third-order valence-corrected chi connectivity index (χ3v) is 7.47. The number of piperazine rings is 1. The highest BCUT2D eigenvalue weighted by molar-refractivity contribution is 6.11. The Hall–Kier alpha value is -4.12. The summed E-state index contributed by atoms with van der Waals surface area (Å²) in [5.41, 5.74) is 6.87. The molecule has 3 N–H and O–H groups in total. The van der Waals surface area contributed by atoms with Crippen LogP contribution >= 0.6 is 0 Å². The summed E-state index contributed by atoms with van der Waals surface area (Å²) in [4.78, 5) is 41.2. The molecule has 1 atom stereocenters. The number of likely N-dealkylation sites (tertiary alicyclic amines) is 1. The molecule has 0 saturated carbocycles. The minimum Gasteiger partial charge on any atom is -0.462 e. The average Bonchev–Trinajstić information content (AvgIpc) is 3.36. The van der Waals surface area contributed by atoms with Gasteiger partial charge in [0.2, 0.25) is 0 Å². The van der Waals surface area contributed by atoms with Crippen molar-refractivity contribution >= 4 is 40.0 Å². The van der Waals surface area contributed by atoms with Crippen LogP contribution in [0.5, 0.6) is 6.01 Å². The third kappa shape index (κ3) is 6.62. The summed E-state index contributed by atoms with van der Waals surface area (Å²) < 4.78 is 11.6. The van der Waals surface area contributed by atoms with Crippen LogP contribution in [0.2, 0.25) is 0 Å². The quantitative estimate of drug-likeness (QED) is 0.459. The number of carbonyl (C=O) groups is 2. The van der Waals surface area contributed by atoms with E-state index < -0.39 is 11.5 Å². The average molecular weight is 562 g/mol. The second-order valence-electron chi connectivity index (χ2n) is 11.6. The maximum atomic E-state index is 13.6. The molecule has 41 heavy (non-hydrogen) atoms. The van der Waals surface area contributed by atoms with Gasteiger partial charge in [0.15, 0.2) is 11.5 Å². The summed E-state index contributed by atoms with van der Waals surface area (Å²) in [7, 11) is 2.07. The Labute approximate surface area is 240 Å². The zero-order chi connectivity index (χ0) is 29.1. The molecule has 5 rings (SSSR count). The number of aromatic nitrogens is 2. The lowest BCUT2D eigenvalue weighted by atomic mass is 10.1. The monoisotopic (exact) mass is 561 g/mol. The van der Waals surface area contributed by atoms with Crippen molar-refractivity contribution in [1.82, 2.24) is 19.8 Å². The first-order chi connectivity index (χ1) is 19.6. The molecular formula is C30H39N7O4. The van der Waals surface area contributed by atoms with Crippen LogP contribution in [-0.4, -0.2) is 89.8 Å². The lowest BCUT2D eigenvalue weighted by Crippen LogP contribution is -2.50. The summed E-state index contributed by atoms with van der Waals surface area (Å²) in [6, 6.07) is 13.9. The fourth-order valence-electron chi connectivity index (χ4n) is 5.22. The van der Waals surface area contributed by atoms with Crippen LogP contribution in [0.15, 0.2) is 42.5 Å². The number of fused-ring (bicyclic) bond motifs is 1. The summed E-state index contributed by atoms with van der Waals surface area (Å²) in [6.45, 7) is 8.76. The molecule has 2 saturated heterocycles. The summed E-state index contributed by atoms with van der Waals surface area (Å²) in [5.74, 6) is -0.0283. The number of carbonyl (C=O) groups excluding carboxylic acids is 2. The standard InChI is InChI=1S/C30H39N7O4/c1-30(2,3)41-29(39)37-17-15-36(16-18-37)26-24(31)25(33-28(34-26)40-19-21-11-8-14-35(21)4)27(38)32-23-13-7-10-20-9-5-6-12-22(20)23/h5-7,9-10,12-13,21H,8,11,14-19,31H2,1-4H3,(H,32,38)/t21-/m0/s1. The van der Waals surface area contributed by atoms with Gasteiger partial charge in [-0.1, -0.05) is 36.4 Å². The van der Waals surface area contributed by atoms with E-state index in [1.54, 1.807) is 4.90 Å². The van der Waals surface area contributed by atoms with Crippen molar-refractivity contribution in [3.05, 3.63) is 48.2 Å². The maximum Gasteiger partial charge on any atom is 0.410 e. The molecule has 0 radical (unpaired) electrons. The molecule has 218 valence electrons. The Balaban J connectivity index is 1.40. The molecule has 0 aliphatic carbocycles.